The summed E-state index contributed by atoms with van der Waals surface area (Å²) in [7, 11) is 2.15. The molecular formula is C40H51F3N10O4S. The summed E-state index contributed by atoms with van der Waals surface area (Å²) in [4.78, 5) is 38.9. The van der Waals surface area contributed by atoms with Gasteiger partial charge in [0.1, 0.15) is 17.3 Å². The van der Waals surface area contributed by atoms with Crippen LogP contribution in [-0.2, 0) is 22.8 Å². The molecule has 1 atom stereocenters. The van der Waals surface area contributed by atoms with Crippen LogP contribution < -0.4 is 25.2 Å². The third kappa shape index (κ3) is 10.1. The fourth-order valence-electron chi connectivity index (χ4n) is 8.38. The number of urea groups is 1. The number of amides is 2. The third-order valence-electron chi connectivity index (χ3n) is 11.5. The number of alkyl halides is 3. The summed E-state index contributed by atoms with van der Waals surface area (Å²) in [6.07, 6.45) is 3.99. The number of nitrogens with zero attached hydrogens (tertiary/aromatic N) is 8. The lowest BCUT2D eigenvalue weighted by atomic mass is 9.88. The van der Waals surface area contributed by atoms with Gasteiger partial charge in [-0.1, -0.05) is 12.1 Å². The second-order valence-electron chi connectivity index (χ2n) is 15.3. The average Bonchev–Trinajstić information content (AvgIpc) is 3.56. The average molecular weight is 825 g/mol. The molecule has 3 aliphatic rings. The number of halogens is 3. The van der Waals surface area contributed by atoms with Crippen molar-refractivity contribution in [3.63, 3.8) is 0 Å². The Morgan fingerprint density at radius 1 is 0.983 bits per heavy atom. The number of carbonyl (C=O) groups is 2. The maximum absolute atomic E-state index is 13.6. The van der Waals surface area contributed by atoms with Crippen molar-refractivity contribution in [3.05, 3.63) is 60.4 Å². The Bertz CT molecular complexity index is 2040. The highest BCUT2D eigenvalue weighted by atomic mass is 32.2. The molecule has 2 N–H and O–H groups in total. The molecule has 0 aliphatic carbocycles. The summed E-state index contributed by atoms with van der Waals surface area (Å²) < 4.78 is 58.6. The van der Waals surface area contributed by atoms with E-state index in [2.05, 4.69) is 70.6 Å². The predicted octanol–water partition coefficient (Wildman–Crippen LogP) is 5.69. The van der Waals surface area contributed by atoms with Crippen molar-refractivity contribution in [2.24, 2.45) is 13.0 Å². The SMILES string of the molecule is CNC(=O)N(CCC=O)c1nn(C)c2cc(C3CCN(CC4CCN(c5cccc(S(=O)N6CCC(Nc7ncc(OC(F)(F)F)cn7)CC6)c5)CC4)CC3)ccc12. The minimum absolute atomic E-state index is 0.00899. The number of benzene rings is 2. The molecule has 0 radical (unpaired) electrons. The number of piperidine rings is 3. The van der Waals surface area contributed by atoms with Gasteiger partial charge in [0.25, 0.3) is 0 Å². The molecule has 2 amide bonds. The first-order chi connectivity index (χ1) is 28.0. The topological polar surface area (TPSA) is 141 Å². The number of aromatic nitrogens is 4. The van der Waals surface area contributed by atoms with Crippen molar-refractivity contribution in [1.82, 2.24) is 34.3 Å². The summed E-state index contributed by atoms with van der Waals surface area (Å²) in [5.74, 6) is 1.40. The Balaban J connectivity index is 0.854. The minimum Gasteiger partial charge on any atom is -0.402 e. The van der Waals surface area contributed by atoms with Crippen molar-refractivity contribution in [1.29, 1.82) is 0 Å². The number of fused-ring (bicyclic) bond motifs is 1. The highest BCUT2D eigenvalue weighted by molar-refractivity contribution is 7.82. The standard InChI is InChI=1S/C40H51F3N10O4S/c1-44-39(55)53(15-4-22-54)37-35-8-7-30(23-36(35)49(2)48-37)29-11-16-50(17-12-29)27-28-9-18-51(19-10-28)32-5-3-6-34(24-32)58(56)52-20-13-31(14-21-52)47-38-45-25-33(26-46-38)57-40(41,42)43/h3,5-8,22-26,28-29,31H,4,9-21,27H2,1-2H3,(H,44,55)(H,45,46,47). The van der Waals surface area contributed by atoms with Crippen LogP contribution in [0.4, 0.5) is 35.4 Å². The monoisotopic (exact) mass is 824 g/mol. The third-order valence-corrected chi connectivity index (χ3v) is 13.0. The molecule has 3 fully saturated rings. The van der Waals surface area contributed by atoms with Gasteiger partial charge in [0.05, 0.1) is 22.8 Å². The van der Waals surface area contributed by atoms with Gasteiger partial charge in [-0.15, -0.1) is 13.2 Å². The molecule has 4 aromatic rings. The number of nitrogens with one attached hydrogen (secondary N) is 2. The van der Waals surface area contributed by atoms with Gasteiger partial charge < -0.3 is 30.0 Å². The van der Waals surface area contributed by atoms with Crippen LogP contribution in [-0.4, -0.2) is 117 Å². The predicted molar refractivity (Wildman–Crippen MR) is 216 cm³/mol. The number of aldehydes is 1. The zero-order valence-electron chi connectivity index (χ0n) is 32.9. The van der Waals surface area contributed by atoms with Gasteiger partial charge >= 0.3 is 12.4 Å². The molecule has 14 nitrogen and oxygen atoms in total. The zero-order chi connectivity index (χ0) is 40.8. The highest BCUT2D eigenvalue weighted by Crippen LogP contribution is 2.35. The van der Waals surface area contributed by atoms with Crippen LogP contribution in [0, 0.1) is 5.92 Å². The minimum atomic E-state index is -4.80. The van der Waals surface area contributed by atoms with Gasteiger partial charge in [-0.25, -0.2) is 23.3 Å². The van der Waals surface area contributed by atoms with Crippen LogP contribution in [0.3, 0.4) is 0 Å². The molecular weight excluding hydrogens is 774 g/mol. The lowest BCUT2D eigenvalue weighted by Gasteiger charge is -2.38. The number of likely N-dealkylation sites (tertiary alicyclic amines) is 1. The van der Waals surface area contributed by atoms with E-state index in [0.29, 0.717) is 43.6 Å². The van der Waals surface area contributed by atoms with Crippen molar-refractivity contribution in [2.45, 2.75) is 68.2 Å². The molecule has 0 bridgehead atoms. The summed E-state index contributed by atoms with van der Waals surface area (Å²) in [5.41, 5.74) is 3.36. The number of hydrogen-bond acceptors (Lipinski definition) is 10. The van der Waals surface area contributed by atoms with Crippen LogP contribution in [0.5, 0.6) is 5.75 Å². The number of ether oxygens (including phenoxy) is 1. The summed E-state index contributed by atoms with van der Waals surface area (Å²) in [5, 5.41) is 11.4. The lowest BCUT2D eigenvalue weighted by Crippen LogP contribution is -2.41. The molecule has 5 heterocycles. The van der Waals surface area contributed by atoms with Gasteiger partial charge in [0.15, 0.2) is 11.6 Å². The summed E-state index contributed by atoms with van der Waals surface area (Å²) in [6, 6.07) is 14.2. The first-order valence-electron chi connectivity index (χ1n) is 20.0. The van der Waals surface area contributed by atoms with Gasteiger partial charge in [-0.2, -0.15) is 5.10 Å². The Morgan fingerprint density at radius 3 is 2.38 bits per heavy atom. The molecule has 3 aliphatic heterocycles. The van der Waals surface area contributed by atoms with Crippen molar-refractivity contribution in [2.75, 3.05) is 74.5 Å². The van der Waals surface area contributed by atoms with E-state index in [9.17, 15) is 27.0 Å². The normalized spacial score (nSPS) is 18.6. The van der Waals surface area contributed by atoms with E-state index in [4.69, 9.17) is 0 Å². The number of hydrogen-bond donors (Lipinski definition) is 2. The second-order valence-corrected chi connectivity index (χ2v) is 16.8. The van der Waals surface area contributed by atoms with Crippen LogP contribution in [0.1, 0.15) is 56.4 Å². The Hall–Kier alpha value is -4.81. The number of rotatable bonds is 13. The second kappa shape index (κ2) is 18.4. The van der Waals surface area contributed by atoms with Gasteiger partial charge in [0.2, 0.25) is 5.95 Å². The largest absolute Gasteiger partial charge is 0.573 e. The molecule has 1 unspecified atom stereocenters. The van der Waals surface area contributed by atoms with E-state index in [1.54, 1.807) is 7.05 Å². The lowest BCUT2D eigenvalue weighted by molar-refractivity contribution is -0.274. The quantitative estimate of drug-likeness (QED) is 0.162. The van der Waals surface area contributed by atoms with Crippen molar-refractivity contribution in [3.8, 4) is 5.75 Å². The van der Waals surface area contributed by atoms with E-state index >= 15 is 0 Å². The number of carbonyl (C=O) groups excluding carboxylic acids is 2. The Morgan fingerprint density at radius 2 is 1.71 bits per heavy atom. The van der Waals surface area contributed by atoms with E-state index < -0.39 is 23.1 Å². The zero-order valence-corrected chi connectivity index (χ0v) is 33.7. The van der Waals surface area contributed by atoms with Crippen LogP contribution in [0.25, 0.3) is 10.9 Å². The Kier molecular flexibility index (Phi) is 13.1. The van der Waals surface area contributed by atoms with Crippen LogP contribution in [0.2, 0.25) is 0 Å². The van der Waals surface area contributed by atoms with Crippen molar-refractivity contribution >= 4 is 51.7 Å². The summed E-state index contributed by atoms with van der Waals surface area (Å²) in [6.45, 7) is 6.57. The number of anilines is 3. The summed E-state index contributed by atoms with van der Waals surface area (Å²) >= 11 is 0. The molecule has 312 valence electrons. The van der Waals surface area contributed by atoms with Crippen molar-refractivity contribution < 1.29 is 31.7 Å². The van der Waals surface area contributed by atoms with Gasteiger partial charge in [-0.3, -0.25) is 9.58 Å². The molecule has 2 aromatic heterocycles. The molecule has 0 saturated carbocycles. The molecule has 3 saturated heterocycles. The molecule has 2 aromatic carbocycles. The smallest absolute Gasteiger partial charge is 0.402 e. The number of aryl methyl sites for hydroxylation is 1. The maximum atomic E-state index is 13.6. The molecule has 18 heteroatoms. The van der Waals surface area contributed by atoms with Crippen LogP contribution >= 0.6 is 0 Å². The first-order valence-corrected chi connectivity index (χ1v) is 21.1. The maximum Gasteiger partial charge on any atom is 0.573 e. The first kappa shape index (κ1) is 41.4. The fourth-order valence-corrected chi connectivity index (χ4v) is 9.64. The van der Waals surface area contributed by atoms with Crippen LogP contribution in [0.15, 0.2) is 59.8 Å². The van der Waals surface area contributed by atoms with E-state index in [1.165, 1.54) is 10.5 Å². The van der Waals surface area contributed by atoms with E-state index in [-0.39, 0.29) is 31.0 Å². The van der Waals surface area contributed by atoms with Gasteiger partial charge in [0, 0.05) is 76.9 Å². The Labute approximate surface area is 338 Å². The van der Waals surface area contributed by atoms with E-state index in [1.807, 2.05) is 28.2 Å². The van der Waals surface area contributed by atoms with E-state index in [0.717, 1.165) is 98.6 Å². The fraction of sp³-hybridized carbons (Fsp3) is 0.525. The highest BCUT2D eigenvalue weighted by Gasteiger charge is 2.32. The van der Waals surface area contributed by atoms with Gasteiger partial charge in [-0.05, 0) is 99.3 Å². The molecule has 0 spiro atoms. The molecule has 7 rings (SSSR count). The molecule has 58 heavy (non-hydrogen) atoms.